The molecule has 0 fully saturated rings. The van der Waals surface area contributed by atoms with Gasteiger partial charge in [0.1, 0.15) is 17.4 Å². The van der Waals surface area contributed by atoms with E-state index < -0.39 is 41.5 Å². The molecule has 0 aliphatic heterocycles. The predicted molar refractivity (Wildman–Crippen MR) is 83.4 cm³/mol. The molecule has 0 aliphatic carbocycles. The Labute approximate surface area is 154 Å². The van der Waals surface area contributed by atoms with Crippen LogP contribution >= 0.6 is 11.6 Å². The molecule has 0 spiro atoms. The highest BCUT2D eigenvalue weighted by Crippen LogP contribution is 2.29. The first-order valence-corrected chi connectivity index (χ1v) is 7.68. The Morgan fingerprint density at radius 2 is 2.04 bits per heavy atom. The van der Waals surface area contributed by atoms with Gasteiger partial charge in [0.15, 0.2) is 5.78 Å². The van der Waals surface area contributed by atoms with E-state index in [1.54, 1.807) is 6.07 Å². The average molecular weight is 408 g/mol. The van der Waals surface area contributed by atoms with Crippen LogP contribution in [0.15, 0.2) is 24.4 Å². The Kier molecular flexibility index (Phi) is 6.05. The minimum Gasteiger partial charge on any atom is -0.406 e. The van der Waals surface area contributed by atoms with Crippen molar-refractivity contribution in [1.29, 1.82) is 5.26 Å². The molecule has 0 saturated carbocycles. The number of hydrogen-bond acceptors (Lipinski definition) is 4. The third-order valence-electron chi connectivity index (χ3n) is 3.41. The zero-order valence-corrected chi connectivity index (χ0v) is 14.4. The number of ketones is 1. The average Bonchev–Trinajstić information content (AvgIpc) is 2.92. The molecule has 144 valence electrons. The number of hydrogen-bond donors (Lipinski definition) is 0. The standard InChI is InChI=1S/C16H11ClF5N3O2/c1-25-7-12(13(24-25)15(18)19)14(26)9(6-23)2-8-3-10(17)5-11(4-8)27-16(20,21)22/h3-5,7,9,15H,2H2,1H3. The van der Waals surface area contributed by atoms with Crippen LogP contribution in [-0.4, -0.2) is 21.9 Å². The number of aromatic nitrogens is 2. The summed E-state index contributed by atoms with van der Waals surface area (Å²) in [4.78, 5) is 12.5. The number of alkyl halides is 5. The molecule has 1 atom stereocenters. The summed E-state index contributed by atoms with van der Waals surface area (Å²) in [7, 11) is 1.34. The lowest BCUT2D eigenvalue weighted by Gasteiger charge is -2.12. The highest BCUT2D eigenvalue weighted by atomic mass is 35.5. The molecule has 1 unspecified atom stereocenters. The summed E-state index contributed by atoms with van der Waals surface area (Å²) in [6, 6.07) is 4.80. The normalized spacial score (nSPS) is 12.7. The van der Waals surface area contributed by atoms with Gasteiger partial charge in [0.05, 0.1) is 11.6 Å². The maximum atomic E-state index is 13.0. The Bertz CT molecular complexity index is 889. The van der Waals surface area contributed by atoms with Gasteiger partial charge in [-0.2, -0.15) is 10.4 Å². The van der Waals surface area contributed by atoms with E-state index in [2.05, 4.69) is 9.84 Å². The largest absolute Gasteiger partial charge is 0.573 e. The number of carbonyl (C=O) groups excluding carboxylic acids is 1. The molecule has 0 aliphatic rings. The van der Waals surface area contributed by atoms with Gasteiger partial charge in [0.25, 0.3) is 6.43 Å². The van der Waals surface area contributed by atoms with Gasteiger partial charge >= 0.3 is 6.36 Å². The SMILES string of the molecule is Cn1cc(C(=O)C(C#N)Cc2cc(Cl)cc(OC(F)(F)F)c2)c(C(F)F)n1. The van der Waals surface area contributed by atoms with Gasteiger partial charge in [-0.05, 0) is 30.2 Å². The summed E-state index contributed by atoms with van der Waals surface area (Å²) in [5.74, 6) is -2.97. The lowest BCUT2D eigenvalue weighted by molar-refractivity contribution is -0.274. The van der Waals surface area contributed by atoms with Gasteiger partial charge in [0.2, 0.25) is 0 Å². The summed E-state index contributed by atoms with van der Waals surface area (Å²) in [6.45, 7) is 0. The van der Waals surface area contributed by atoms with Crippen molar-refractivity contribution in [2.45, 2.75) is 19.2 Å². The molecular weight excluding hydrogens is 397 g/mol. The second-order valence-electron chi connectivity index (χ2n) is 5.50. The fourth-order valence-corrected chi connectivity index (χ4v) is 2.66. The van der Waals surface area contributed by atoms with Gasteiger partial charge in [-0.3, -0.25) is 9.48 Å². The number of aryl methyl sites for hydroxylation is 1. The van der Waals surface area contributed by atoms with Crippen molar-refractivity contribution in [1.82, 2.24) is 9.78 Å². The highest BCUT2D eigenvalue weighted by Gasteiger charge is 2.32. The molecule has 1 aromatic heterocycles. The Morgan fingerprint density at radius 1 is 1.37 bits per heavy atom. The van der Waals surface area contributed by atoms with Crippen molar-refractivity contribution >= 4 is 17.4 Å². The van der Waals surface area contributed by atoms with E-state index in [9.17, 15) is 32.0 Å². The van der Waals surface area contributed by atoms with Crippen LogP contribution in [0.5, 0.6) is 5.75 Å². The van der Waals surface area contributed by atoms with Crippen molar-refractivity contribution in [2.75, 3.05) is 0 Å². The van der Waals surface area contributed by atoms with Crippen LogP contribution in [0, 0.1) is 17.2 Å². The molecule has 11 heteroatoms. The second kappa shape index (κ2) is 7.92. The zero-order valence-electron chi connectivity index (χ0n) is 13.6. The number of nitriles is 1. The molecule has 1 heterocycles. The fraction of sp³-hybridized carbons (Fsp3) is 0.312. The maximum absolute atomic E-state index is 13.0. The van der Waals surface area contributed by atoms with E-state index >= 15 is 0 Å². The number of rotatable bonds is 6. The number of carbonyl (C=O) groups is 1. The molecule has 0 bridgehead atoms. The van der Waals surface area contributed by atoms with Gasteiger partial charge in [0, 0.05) is 18.3 Å². The van der Waals surface area contributed by atoms with E-state index in [1.165, 1.54) is 13.1 Å². The summed E-state index contributed by atoms with van der Waals surface area (Å²) >= 11 is 5.74. The van der Waals surface area contributed by atoms with E-state index in [4.69, 9.17) is 11.6 Å². The summed E-state index contributed by atoms with van der Waals surface area (Å²) in [5, 5.41) is 12.6. The smallest absolute Gasteiger partial charge is 0.406 e. The van der Waals surface area contributed by atoms with Crippen LogP contribution in [0.3, 0.4) is 0 Å². The molecule has 2 aromatic rings. The van der Waals surface area contributed by atoms with Crippen LogP contribution < -0.4 is 4.74 Å². The first-order chi connectivity index (χ1) is 12.5. The minimum atomic E-state index is -4.95. The Morgan fingerprint density at radius 3 is 2.59 bits per heavy atom. The van der Waals surface area contributed by atoms with E-state index in [1.807, 2.05) is 0 Å². The molecule has 0 saturated heterocycles. The summed E-state index contributed by atoms with van der Waals surface area (Å²) < 4.78 is 67.9. The quantitative estimate of drug-likeness (QED) is 0.523. The number of halogens is 6. The van der Waals surface area contributed by atoms with Crippen molar-refractivity contribution in [3.8, 4) is 11.8 Å². The van der Waals surface area contributed by atoms with Crippen molar-refractivity contribution in [2.24, 2.45) is 13.0 Å². The minimum absolute atomic E-state index is 0.101. The molecule has 1 aromatic carbocycles. The number of nitrogens with zero attached hydrogens (tertiary/aromatic N) is 3. The van der Waals surface area contributed by atoms with Crippen molar-refractivity contribution < 1.29 is 31.5 Å². The third kappa shape index (κ3) is 5.40. The fourth-order valence-electron chi connectivity index (χ4n) is 2.41. The van der Waals surface area contributed by atoms with Crippen LogP contribution in [0.4, 0.5) is 22.0 Å². The lowest BCUT2D eigenvalue weighted by Crippen LogP contribution is -2.18. The van der Waals surface area contributed by atoms with Crippen LogP contribution in [0.2, 0.25) is 5.02 Å². The number of benzene rings is 1. The number of Topliss-reactive ketones (excluding diaryl/α,β-unsaturated/α-hetero) is 1. The zero-order chi connectivity index (χ0) is 20.4. The Hall–Kier alpha value is -2.67. The molecule has 0 N–H and O–H groups in total. The second-order valence-corrected chi connectivity index (χ2v) is 5.93. The molecular formula is C16H11ClF5N3O2. The van der Waals surface area contributed by atoms with E-state index in [0.717, 1.165) is 23.0 Å². The molecule has 0 amide bonds. The van der Waals surface area contributed by atoms with Crippen LogP contribution in [0.1, 0.15) is 28.0 Å². The molecule has 5 nitrogen and oxygen atoms in total. The maximum Gasteiger partial charge on any atom is 0.573 e. The monoisotopic (exact) mass is 407 g/mol. The highest BCUT2D eigenvalue weighted by molar-refractivity contribution is 6.30. The van der Waals surface area contributed by atoms with Gasteiger partial charge in [-0.15, -0.1) is 13.2 Å². The predicted octanol–water partition coefficient (Wildman–Crippen LogP) is 4.47. The molecule has 2 rings (SSSR count). The number of ether oxygens (including phenoxy) is 1. The lowest BCUT2D eigenvalue weighted by atomic mass is 9.92. The first-order valence-electron chi connectivity index (χ1n) is 7.31. The van der Waals surface area contributed by atoms with Crippen LogP contribution in [-0.2, 0) is 13.5 Å². The molecule has 0 radical (unpaired) electrons. The summed E-state index contributed by atoms with van der Waals surface area (Å²) in [5.41, 5.74) is -1.09. The third-order valence-corrected chi connectivity index (χ3v) is 3.62. The van der Waals surface area contributed by atoms with E-state index in [-0.39, 0.29) is 17.0 Å². The first kappa shape index (κ1) is 20.6. The topological polar surface area (TPSA) is 67.9 Å². The van der Waals surface area contributed by atoms with Gasteiger partial charge in [-0.1, -0.05) is 11.6 Å². The Balaban J connectivity index is 2.30. The van der Waals surface area contributed by atoms with Crippen molar-refractivity contribution in [3.63, 3.8) is 0 Å². The van der Waals surface area contributed by atoms with E-state index in [0.29, 0.717) is 0 Å². The van der Waals surface area contributed by atoms with Crippen molar-refractivity contribution in [3.05, 3.63) is 46.2 Å². The summed E-state index contributed by atoms with van der Waals surface area (Å²) in [6.07, 6.45) is -7.26. The van der Waals surface area contributed by atoms with Gasteiger partial charge < -0.3 is 4.74 Å². The van der Waals surface area contributed by atoms with Gasteiger partial charge in [-0.25, -0.2) is 8.78 Å². The molecule has 27 heavy (non-hydrogen) atoms. The van der Waals surface area contributed by atoms with Crippen LogP contribution in [0.25, 0.3) is 0 Å².